The summed E-state index contributed by atoms with van der Waals surface area (Å²) in [6.45, 7) is 6.72. The molecule has 1 aliphatic rings. The molecule has 0 bridgehead atoms. The molecule has 0 radical (unpaired) electrons. The van der Waals surface area contributed by atoms with Crippen LogP contribution >= 0.6 is 11.3 Å². The lowest BCUT2D eigenvalue weighted by molar-refractivity contribution is 0.198. The first kappa shape index (κ1) is 13.1. The summed E-state index contributed by atoms with van der Waals surface area (Å²) in [5.74, 6) is 1.56. The highest BCUT2D eigenvalue weighted by Gasteiger charge is 2.30. The van der Waals surface area contributed by atoms with Gasteiger partial charge in [0.1, 0.15) is 0 Å². The van der Waals surface area contributed by atoms with E-state index in [4.69, 9.17) is 5.73 Å². The van der Waals surface area contributed by atoms with E-state index in [1.807, 2.05) is 11.3 Å². The van der Waals surface area contributed by atoms with Crippen LogP contribution in [0.25, 0.3) is 0 Å². The van der Waals surface area contributed by atoms with Gasteiger partial charge in [0.15, 0.2) is 0 Å². The van der Waals surface area contributed by atoms with Gasteiger partial charge in [-0.15, -0.1) is 11.3 Å². The van der Waals surface area contributed by atoms with Crippen molar-refractivity contribution in [2.75, 3.05) is 0 Å². The van der Waals surface area contributed by atoms with E-state index in [0.717, 1.165) is 5.92 Å². The standard InChI is InChI=1S/C15H25NS/c1-4-12-7-5-6-8-13(12)15(16)14-9-10(2)11(3)17-14/h9,12-13,15H,4-8,16H2,1-3H3. The summed E-state index contributed by atoms with van der Waals surface area (Å²) in [4.78, 5) is 2.84. The van der Waals surface area contributed by atoms with E-state index < -0.39 is 0 Å². The number of hydrogen-bond acceptors (Lipinski definition) is 2. The molecule has 3 unspecified atom stereocenters. The van der Waals surface area contributed by atoms with Crippen LogP contribution in [0.4, 0.5) is 0 Å². The monoisotopic (exact) mass is 251 g/mol. The van der Waals surface area contributed by atoms with Gasteiger partial charge < -0.3 is 5.73 Å². The number of hydrogen-bond donors (Lipinski definition) is 1. The first-order chi connectivity index (χ1) is 8.13. The van der Waals surface area contributed by atoms with Crippen LogP contribution in [0.1, 0.15) is 60.4 Å². The van der Waals surface area contributed by atoms with Gasteiger partial charge in [0.05, 0.1) is 0 Å². The summed E-state index contributed by atoms with van der Waals surface area (Å²) in [5.41, 5.74) is 7.94. The first-order valence-corrected chi connectivity index (χ1v) is 7.77. The predicted molar refractivity (Wildman–Crippen MR) is 76.5 cm³/mol. The van der Waals surface area contributed by atoms with Crippen molar-refractivity contribution in [3.8, 4) is 0 Å². The molecule has 2 N–H and O–H groups in total. The van der Waals surface area contributed by atoms with Crippen LogP contribution in [0.15, 0.2) is 6.07 Å². The zero-order chi connectivity index (χ0) is 12.4. The van der Waals surface area contributed by atoms with Crippen molar-refractivity contribution in [3.05, 3.63) is 21.4 Å². The largest absolute Gasteiger partial charge is 0.323 e. The molecule has 2 heteroatoms. The second-order valence-corrected chi connectivity index (χ2v) is 6.82. The van der Waals surface area contributed by atoms with E-state index in [2.05, 4.69) is 26.8 Å². The Morgan fingerprint density at radius 1 is 1.35 bits per heavy atom. The van der Waals surface area contributed by atoms with Gasteiger partial charge >= 0.3 is 0 Å². The van der Waals surface area contributed by atoms with E-state index in [0.29, 0.717) is 5.92 Å². The van der Waals surface area contributed by atoms with Gasteiger partial charge in [0.25, 0.3) is 0 Å². The summed E-state index contributed by atoms with van der Waals surface area (Å²) < 4.78 is 0. The van der Waals surface area contributed by atoms with E-state index in [-0.39, 0.29) is 6.04 Å². The van der Waals surface area contributed by atoms with Gasteiger partial charge in [0, 0.05) is 15.8 Å². The van der Waals surface area contributed by atoms with Gasteiger partial charge in [-0.25, -0.2) is 0 Å². The maximum Gasteiger partial charge on any atom is 0.0421 e. The summed E-state index contributed by atoms with van der Waals surface area (Å²) in [7, 11) is 0. The number of aryl methyl sites for hydroxylation is 2. The third-order valence-electron chi connectivity index (χ3n) is 4.47. The SMILES string of the molecule is CCC1CCCCC1C(N)c1cc(C)c(C)s1. The minimum absolute atomic E-state index is 0.276. The van der Waals surface area contributed by atoms with Crippen LogP contribution in [0.2, 0.25) is 0 Å². The highest BCUT2D eigenvalue weighted by Crippen LogP contribution is 2.41. The zero-order valence-electron chi connectivity index (χ0n) is 11.3. The Morgan fingerprint density at radius 2 is 2.06 bits per heavy atom. The normalized spacial score (nSPS) is 27.1. The lowest BCUT2D eigenvalue weighted by Crippen LogP contribution is -2.29. The van der Waals surface area contributed by atoms with Gasteiger partial charge in [-0.1, -0.05) is 32.6 Å². The summed E-state index contributed by atoms with van der Waals surface area (Å²) >= 11 is 1.90. The Hall–Kier alpha value is -0.340. The lowest BCUT2D eigenvalue weighted by atomic mass is 9.74. The van der Waals surface area contributed by atoms with Crippen LogP contribution in [-0.4, -0.2) is 0 Å². The Labute approximate surface area is 109 Å². The Balaban J connectivity index is 2.14. The molecule has 0 amide bonds. The zero-order valence-corrected chi connectivity index (χ0v) is 12.1. The molecule has 1 fully saturated rings. The quantitative estimate of drug-likeness (QED) is 0.836. The minimum Gasteiger partial charge on any atom is -0.323 e. The molecule has 0 aromatic carbocycles. The minimum atomic E-state index is 0.276. The molecule has 0 aliphatic heterocycles. The molecule has 1 aliphatic carbocycles. The van der Waals surface area contributed by atoms with Gasteiger partial charge in [-0.3, -0.25) is 0 Å². The van der Waals surface area contributed by atoms with Crippen molar-refractivity contribution in [1.82, 2.24) is 0 Å². The fourth-order valence-corrected chi connectivity index (χ4v) is 4.31. The molecule has 3 atom stereocenters. The van der Waals surface area contributed by atoms with Crippen molar-refractivity contribution in [2.45, 2.75) is 58.9 Å². The number of rotatable bonds is 3. The Morgan fingerprint density at radius 3 is 2.65 bits per heavy atom. The van der Waals surface area contributed by atoms with Crippen molar-refractivity contribution < 1.29 is 0 Å². The Kier molecular flexibility index (Phi) is 4.26. The Bertz CT molecular complexity index is 349. The fourth-order valence-electron chi connectivity index (χ4n) is 3.19. The third-order valence-corrected chi connectivity index (χ3v) is 5.72. The van der Waals surface area contributed by atoms with Gasteiger partial charge in [-0.05, 0) is 43.7 Å². The van der Waals surface area contributed by atoms with Crippen LogP contribution < -0.4 is 5.73 Å². The predicted octanol–water partition coefficient (Wildman–Crippen LogP) is 4.58. The molecule has 0 spiro atoms. The van der Waals surface area contributed by atoms with Crippen LogP contribution in [0, 0.1) is 25.7 Å². The van der Waals surface area contributed by atoms with Crippen LogP contribution in [0.3, 0.4) is 0 Å². The smallest absolute Gasteiger partial charge is 0.0421 e. The van der Waals surface area contributed by atoms with E-state index >= 15 is 0 Å². The van der Waals surface area contributed by atoms with Gasteiger partial charge in [-0.2, -0.15) is 0 Å². The average molecular weight is 251 g/mol. The van der Waals surface area contributed by atoms with E-state index in [1.165, 1.54) is 47.4 Å². The van der Waals surface area contributed by atoms with Crippen molar-refractivity contribution >= 4 is 11.3 Å². The van der Waals surface area contributed by atoms with Crippen molar-refractivity contribution in [1.29, 1.82) is 0 Å². The summed E-state index contributed by atoms with van der Waals surface area (Å²) in [6.07, 6.45) is 6.79. The molecule has 1 heterocycles. The maximum atomic E-state index is 6.53. The van der Waals surface area contributed by atoms with E-state index in [1.54, 1.807) is 0 Å². The molecule has 17 heavy (non-hydrogen) atoms. The molecule has 1 nitrogen and oxygen atoms in total. The highest BCUT2D eigenvalue weighted by molar-refractivity contribution is 7.12. The maximum absolute atomic E-state index is 6.53. The molecule has 0 saturated heterocycles. The number of thiophene rings is 1. The van der Waals surface area contributed by atoms with Crippen molar-refractivity contribution in [3.63, 3.8) is 0 Å². The summed E-state index contributed by atoms with van der Waals surface area (Å²) in [5, 5.41) is 0. The molecule has 1 saturated carbocycles. The molecular weight excluding hydrogens is 226 g/mol. The second-order valence-electron chi connectivity index (χ2n) is 5.53. The first-order valence-electron chi connectivity index (χ1n) is 6.96. The molecule has 2 rings (SSSR count). The lowest BCUT2D eigenvalue weighted by Gasteiger charge is -2.34. The molecule has 1 aromatic heterocycles. The average Bonchev–Trinajstić information content (AvgIpc) is 2.68. The van der Waals surface area contributed by atoms with Crippen LogP contribution in [0.5, 0.6) is 0 Å². The molecule has 1 aromatic rings. The molecular formula is C15H25NS. The van der Waals surface area contributed by atoms with Crippen molar-refractivity contribution in [2.24, 2.45) is 17.6 Å². The summed E-state index contributed by atoms with van der Waals surface area (Å²) in [6, 6.07) is 2.59. The fraction of sp³-hybridized carbons (Fsp3) is 0.733. The number of nitrogens with two attached hydrogens (primary N) is 1. The second kappa shape index (κ2) is 5.53. The molecule has 96 valence electrons. The van der Waals surface area contributed by atoms with Crippen LogP contribution in [-0.2, 0) is 0 Å². The highest BCUT2D eigenvalue weighted by atomic mass is 32.1. The third kappa shape index (κ3) is 2.74. The van der Waals surface area contributed by atoms with Gasteiger partial charge in [0.2, 0.25) is 0 Å². The van der Waals surface area contributed by atoms with E-state index in [9.17, 15) is 0 Å². The topological polar surface area (TPSA) is 26.0 Å².